The zero-order valence-corrected chi connectivity index (χ0v) is 8.46. The van der Waals surface area contributed by atoms with Gasteiger partial charge in [0.2, 0.25) is 0 Å². The second kappa shape index (κ2) is 4.41. The van der Waals surface area contributed by atoms with Gasteiger partial charge in [-0.05, 0) is 40.4 Å². The van der Waals surface area contributed by atoms with E-state index in [1.807, 2.05) is 6.07 Å². The van der Waals surface area contributed by atoms with E-state index in [1.165, 1.54) is 5.56 Å². The summed E-state index contributed by atoms with van der Waals surface area (Å²) in [7, 11) is 0. The van der Waals surface area contributed by atoms with Gasteiger partial charge in [0, 0.05) is 0 Å². The summed E-state index contributed by atoms with van der Waals surface area (Å²) < 4.78 is 5.01. The number of hydrazine groups is 1. The average molecular weight is 208 g/mol. The molecule has 1 atom stereocenters. The third-order valence-electron chi connectivity index (χ3n) is 2.17. The highest BCUT2D eigenvalue weighted by molar-refractivity contribution is 7.07. The van der Waals surface area contributed by atoms with Crippen LogP contribution in [-0.4, -0.2) is 0 Å². The first-order chi connectivity index (χ1) is 6.90. The molecule has 0 fully saturated rings. The molecule has 0 aliphatic heterocycles. The summed E-state index contributed by atoms with van der Waals surface area (Å²) in [4.78, 5) is 0. The lowest BCUT2D eigenvalue weighted by atomic mass is 10.0. The van der Waals surface area contributed by atoms with E-state index in [4.69, 9.17) is 10.3 Å². The lowest BCUT2D eigenvalue weighted by molar-refractivity contribution is 0.537. The monoisotopic (exact) mass is 208 g/mol. The Labute approximate surface area is 86.5 Å². The van der Waals surface area contributed by atoms with Crippen molar-refractivity contribution in [1.29, 1.82) is 0 Å². The van der Waals surface area contributed by atoms with Gasteiger partial charge < -0.3 is 4.42 Å². The van der Waals surface area contributed by atoms with Gasteiger partial charge in [0.1, 0.15) is 0 Å². The zero-order chi connectivity index (χ0) is 9.80. The highest BCUT2D eigenvalue weighted by Gasteiger charge is 2.11. The minimum absolute atomic E-state index is 0.166. The normalized spacial score (nSPS) is 12.9. The Morgan fingerprint density at radius 2 is 2.43 bits per heavy atom. The number of nitrogens with one attached hydrogen (secondary N) is 1. The third-order valence-corrected chi connectivity index (χ3v) is 2.87. The molecule has 2 heterocycles. The van der Waals surface area contributed by atoms with Crippen LogP contribution in [0, 0.1) is 0 Å². The number of furan rings is 1. The quantitative estimate of drug-likeness (QED) is 0.597. The van der Waals surface area contributed by atoms with Crippen LogP contribution in [0.5, 0.6) is 0 Å². The third kappa shape index (κ3) is 2.04. The van der Waals surface area contributed by atoms with Gasteiger partial charge >= 0.3 is 0 Å². The van der Waals surface area contributed by atoms with Crippen molar-refractivity contribution in [1.82, 2.24) is 5.43 Å². The van der Waals surface area contributed by atoms with Crippen molar-refractivity contribution in [3.8, 4) is 0 Å². The fourth-order valence-electron chi connectivity index (χ4n) is 1.39. The van der Waals surface area contributed by atoms with Crippen molar-refractivity contribution in [2.24, 2.45) is 5.84 Å². The Balaban J connectivity index is 2.08. The molecular formula is C10H12N2OS. The van der Waals surface area contributed by atoms with Crippen LogP contribution >= 0.6 is 11.3 Å². The lowest BCUT2D eigenvalue weighted by Crippen LogP contribution is -2.29. The van der Waals surface area contributed by atoms with Crippen LogP contribution in [0.1, 0.15) is 17.2 Å². The minimum atomic E-state index is 0.166. The lowest BCUT2D eigenvalue weighted by Gasteiger charge is -2.12. The summed E-state index contributed by atoms with van der Waals surface area (Å²) in [5.41, 5.74) is 5.18. The number of nitrogens with two attached hydrogens (primary N) is 1. The summed E-state index contributed by atoms with van der Waals surface area (Å²) in [6.45, 7) is 0. The standard InChI is InChI=1S/C10H12N2OS/c11-12-10(9-2-4-14-7-9)5-8-1-3-13-6-8/h1-4,6-7,10,12H,5,11H2. The van der Waals surface area contributed by atoms with E-state index in [-0.39, 0.29) is 6.04 Å². The second-order valence-corrected chi connectivity index (χ2v) is 3.89. The molecule has 14 heavy (non-hydrogen) atoms. The maximum absolute atomic E-state index is 5.50. The Hall–Kier alpha value is -1.10. The number of hydrogen-bond acceptors (Lipinski definition) is 4. The van der Waals surface area contributed by atoms with Crippen molar-refractivity contribution in [3.63, 3.8) is 0 Å². The van der Waals surface area contributed by atoms with Crippen molar-refractivity contribution in [3.05, 3.63) is 46.5 Å². The van der Waals surface area contributed by atoms with E-state index >= 15 is 0 Å². The first-order valence-corrected chi connectivity index (χ1v) is 5.33. The number of hydrogen-bond donors (Lipinski definition) is 2. The molecule has 1 unspecified atom stereocenters. The molecule has 0 spiro atoms. The molecular weight excluding hydrogens is 196 g/mol. The Bertz CT molecular complexity index is 355. The van der Waals surface area contributed by atoms with Crippen LogP contribution in [0.4, 0.5) is 0 Å². The molecule has 2 aromatic heterocycles. The SMILES string of the molecule is NNC(Cc1ccoc1)c1ccsc1. The first-order valence-electron chi connectivity index (χ1n) is 4.39. The predicted molar refractivity (Wildman–Crippen MR) is 56.8 cm³/mol. The topological polar surface area (TPSA) is 51.2 Å². The molecule has 74 valence electrons. The summed E-state index contributed by atoms with van der Waals surface area (Å²) >= 11 is 1.68. The van der Waals surface area contributed by atoms with Gasteiger partial charge in [-0.15, -0.1) is 0 Å². The van der Waals surface area contributed by atoms with E-state index in [9.17, 15) is 0 Å². The molecule has 0 amide bonds. The molecule has 0 saturated heterocycles. The molecule has 0 bridgehead atoms. The average Bonchev–Trinajstić information content (AvgIpc) is 2.86. The van der Waals surface area contributed by atoms with Crippen molar-refractivity contribution < 1.29 is 4.42 Å². The molecule has 0 radical (unpaired) electrons. The van der Waals surface area contributed by atoms with Crippen molar-refractivity contribution in [2.45, 2.75) is 12.5 Å². The molecule has 3 N–H and O–H groups in total. The van der Waals surface area contributed by atoms with Crippen LogP contribution in [-0.2, 0) is 6.42 Å². The van der Waals surface area contributed by atoms with Gasteiger partial charge in [-0.3, -0.25) is 11.3 Å². The Morgan fingerprint density at radius 3 is 3.00 bits per heavy atom. The van der Waals surface area contributed by atoms with Crippen LogP contribution in [0.25, 0.3) is 0 Å². The largest absolute Gasteiger partial charge is 0.472 e. The Kier molecular flexibility index (Phi) is 2.98. The van der Waals surface area contributed by atoms with Crippen LogP contribution in [0.3, 0.4) is 0 Å². The number of thiophene rings is 1. The molecule has 4 heteroatoms. The van der Waals surface area contributed by atoms with Crippen LogP contribution < -0.4 is 11.3 Å². The summed E-state index contributed by atoms with van der Waals surface area (Å²) in [6.07, 6.45) is 4.27. The second-order valence-electron chi connectivity index (χ2n) is 3.11. The van der Waals surface area contributed by atoms with E-state index in [0.717, 1.165) is 12.0 Å². The van der Waals surface area contributed by atoms with Gasteiger partial charge in [0.15, 0.2) is 0 Å². The number of rotatable bonds is 4. The van der Waals surface area contributed by atoms with Crippen LogP contribution in [0.2, 0.25) is 0 Å². The van der Waals surface area contributed by atoms with E-state index in [2.05, 4.69) is 22.3 Å². The van der Waals surface area contributed by atoms with Gasteiger partial charge in [-0.1, -0.05) is 0 Å². The maximum atomic E-state index is 5.50. The fourth-order valence-corrected chi connectivity index (χ4v) is 2.11. The van der Waals surface area contributed by atoms with Gasteiger partial charge in [-0.2, -0.15) is 11.3 Å². The molecule has 2 aromatic rings. The van der Waals surface area contributed by atoms with Crippen molar-refractivity contribution >= 4 is 11.3 Å². The van der Waals surface area contributed by atoms with Gasteiger partial charge in [0.05, 0.1) is 18.6 Å². The minimum Gasteiger partial charge on any atom is -0.472 e. The molecule has 0 aliphatic carbocycles. The Morgan fingerprint density at radius 1 is 1.50 bits per heavy atom. The molecule has 0 aromatic carbocycles. The zero-order valence-electron chi connectivity index (χ0n) is 7.64. The van der Waals surface area contributed by atoms with Gasteiger partial charge in [0.25, 0.3) is 0 Å². The van der Waals surface area contributed by atoms with Crippen molar-refractivity contribution in [2.75, 3.05) is 0 Å². The van der Waals surface area contributed by atoms with E-state index < -0.39 is 0 Å². The summed E-state index contributed by atoms with van der Waals surface area (Å²) in [6, 6.07) is 4.20. The highest BCUT2D eigenvalue weighted by Crippen LogP contribution is 2.20. The van der Waals surface area contributed by atoms with E-state index in [0.29, 0.717) is 0 Å². The fraction of sp³-hybridized carbons (Fsp3) is 0.200. The van der Waals surface area contributed by atoms with Crippen LogP contribution in [0.15, 0.2) is 39.8 Å². The predicted octanol–water partition coefficient (Wildman–Crippen LogP) is 2.09. The smallest absolute Gasteiger partial charge is 0.0935 e. The maximum Gasteiger partial charge on any atom is 0.0935 e. The first kappa shape index (κ1) is 9.45. The molecule has 0 saturated carbocycles. The molecule has 0 aliphatic rings. The summed E-state index contributed by atoms with van der Waals surface area (Å²) in [5, 5.41) is 4.15. The van der Waals surface area contributed by atoms with Gasteiger partial charge in [-0.25, -0.2) is 0 Å². The molecule has 3 nitrogen and oxygen atoms in total. The highest BCUT2D eigenvalue weighted by atomic mass is 32.1. The summed E-state index contributed by atoms with van der Waals surface area (Å²) in [5.74, 6) is 5.50. The molecule has 2 rings (SSSR count). The van der Waals surface area contributed by atoms with E-state index in [1.54, 1.807) is 23.9 Å².